The van der Waals surface area contributed by atoms with Gasteiger partial charge < -0.3 is 15.2 Å². The lowest BCUT2D eigenvalue weighted by atomic mass is 10.2. The predicted octanol–water partition coefficient (Wildman–Crippen LogP) is -0.105. The minimum atomic E-state index is -4.15. The van der Waals surface area contributed by atoms with Gasteiger partial charge in [0.1, 0.15) is 6.04 Å². The number of methoxy groups -OCH3 is 2. The number of anilines is 1. The van der Waals surface area contributed by atoms with E-state index in [0.717, 1.165) is 20.3 Å². The summed E-state index contributed by atoms with van der Waals surface area (Å²) in [7, 11) is -1.90. The van der Waals surface area contributed by atoms with Gasteiger partial charge in [0.05, 0.1) is 24.7 Å². The molecular weight excluding hydrogens is 300 g/mol. The summed E-state index contributed by atoms with van der Waals surface area (Å²) in [6, 6.07) is 2.60. The first-order valence-electron chi connectivity index (χ1n) is 5.81. The maximum absolute atomic E-state index is 12.3. The van der Waals surface area contributed by atoms with Crippen LogP contribution in [0.5, 0.6) is 0 Å². The van der Waals surface area contributed by atoms with Crippen LogP contribution in [-0.4, -0.2) is 40.6 Å². The first kappa shape index (κ1) is 16.9. The molecule has 1 aromatic carbocycles. The molecule has 1 atom stereocenters. The summed E-state index contributed by atoms with van der Waals surface area (Å²) in [5.41, 5.74) is 5.51. The van der Waals surface area contributed by atoms with Gasteiger partial charge in [0, 0.05) is 5.69 Å². The minimum absolute atomic E-state index is 0.147. The predicted molar refractivity (Wildman–Crippen MR) is 74.0 cm³/mol. The molecule has 116 valence electrons. The van der Waals surface area contributed by atoms with E-state index in [1.807, 2.05) is 0 Å². The molecule has 0 radical (unpaired) electrons. The van der Waals surface area contributed by atoms with Gasteiger partial charge in [0.25, 0.3) is 0 Å². The SMILES string of the molecule is COC(=O)c1ccc(N)cc1S(=O)(=O)NC(C)C(=O)OC. The smallest absolute Gasteiger partial charge is 0.339 e. The van der Waals surface area contributed by atoms with Crippen LogP contribution in [0.1, 0.15) is 17.3 Å². The van der Waals surface area contributed by atoms with Crippen molar-refractivity contribution in [2.45, 2.75) is 17.9 Å². The molecular formula is C12H16N2O6S. The number of nitrogens with two attached hydrogens (primary N) is 1. The van der Waals surface area contributed by atoms with Gasteiger partial charge in [-0.2, -0.15) is 4.72 Å². The molecule has 1 unspecified atom stereocenters. The van der Waals surface area contributed by atoms with Gasteiger partial charge in [-0.1, -0.05) is 0 Å². The average Bonchev–Trinajstić information content (AvgIpc) is 2.44. The molecule has 0 bridgehead atoms. The van der Waals surface area contributed by atoms with Crippen molar-refractivity contribution in [2.24, 2.45) is 0 Å². The fourth-order valence-electron chi connectivity index (χ4n) is 1.56. The summed E-state index contributed by atoms with van der Waals surface area (Å²) in [5, 5.41) is 0. The van der Waals surface area contributed by atoms with Crippen molar-refractivity contribution >= 4 is 27.6 Å². The Morgan fingerprint density at radius 3 is 2.38 bits per heavy atom. The summed E-state index contributed by atoms with van der Waals surface area (Å²) in [5.74, 6) is -1.59. The molecule has 0 aliphatic rings. The monoisotopic (exact) mass is 316 g/mol. The zero-order valence-electron chi connectivity index (χ0n) is 11.7. The molecule has 0 aromatic heterocycles. The van der Waals surface area contributed by atoms with E-state index in [4.69, 9.17) is 5.73 Å². The Labute approximate surface area is 122 Å². The lowest BCUT2D eigenvalue weighted by Gasteiger charge is -2.14. The van der Waals surface area contributed by atoms with Crippen LogP contribution in [0.4, 0.5) is 5.69 Å². The van der Waals surface area contributed by atoms with E-state index < -0.39 is 28.0 Å². The van der Waals surface area contributed by atoms with Gasteiger partial charge in [-0.15, -0.1) is 0 Å². The maximum atomic E-state index is 12.3. The second-order valence-electron chi connectivity index (χ2n) is 4.11. The standard InChI is InChI=1S/C12H16N2O6S/c1-7(11(15)19-2)14-21(17,18)10-6-8(13)4-5-9(10)12(16)20-3/h4-7,14H,13H2,1-3H3. The second kappa shape index (κ2) is 6.55. The van der Waals surface area contributed by atoms with E-state index in [0.29, 0.717) is 0 Å². The van der Waals surface area contributed by atoms with Crippen LogP contribution < -0.4 is 10.5 Å². The molecule has 0 amide bonds. The number of carbonyl (C=O) groups is 2. The molecule has 9 heteroatoms. The third-order valence-corrected chi connectivity index (χ3v) is 4.17. The Kier molecular flexibility index (Phi) is 5.28. The highest BCUT2D eigenvalue weighted by molar-refractivity contribution is 7.89. The summed E-state index contributed by atoms with van der Waals surface area (Å²) in [6.07, 6.45) is 0. The number of rotatable bonds is 5. The van der Waals surface area contributed by atoms with Crippen molar-refractivity contribution in [1.29, 1.82) is 0 Å². The van der Waals surface area contributed by atoms with Crippen LogP contribution in [0.3, 0.4) is 0 Å². The molecule has 8 nitrogen and oxygen atoms in total. The molecule has 0 saturated heterocycles. The van der Waals surface area contributed by atoms with Gasteiger partial charge in [-0.05, 0) is 25.1 Å². The summed E-state index contributed by atoms with van der Waals surface area (Å²) in [6.45, 7) is 1.31. The first-order chi connectivity index (χ1) is 9.72. The molecule has 0 spiro atoms. The van der Waals surface area contributed by atoms with Gasteiger partial charge >= 0.3 is 11.9 Å². The number of sulfonamides is 1. The average molecular weight is 316 g/mol. The van der Waals surface area contributed by atoms with Crippen LogP contribution in [0, 0.1) is 0 Å². The molecule has 21 heavy (non-hydrogen) atoms. The van der Waals surface area contributed by atoms with E-state index in [1.54, 1.807) is 0 Å². The van der Waals surface area contributed by atoms with Crippen molar-refractivity contribution in [2.75, 3.05) is 20.0 Å². The van der Waals surface area contributed by atoms with Crippen molar-refractivity contribution < 1.29 is 27.5 Å². The Morgan fingerprint density at radius 2 is 1.86 bits per heavy atom. The third-order valence-electron chi connectivity index (χ3n) is 2.59. The van der Waals surface area contributed by atoms with Crippen molar-refractivity contribution in [3.05, 3.63) is 23.8 Å². The Bertz CT molecular complexity index is 656. The summed E-state index contributed by atoms with van der Waals surface area (Å²) >= 11 is 0. The number of ether oxygens (including phenoxy) is 2. The number of hydrogen-bond donors (Lipinski definition) is 2. The largest absolute Gasteiger partial charge is 0.468 e. The third kappa shape index (κ3) is 3.92. The Morgan fingerprint density at radius 1 is 1.24 bits per heavy atom. The molecule has 0 saturated carbocycles. The van der Waals surface area contributed by atoms with E-state index in [2.05, 4.69) is 14.2 Å². The van der Waals surface area contributed by atoms with Crippen molar-refractivity contribution in [3.8, 4) is 0 Å². The Balaban J connectivity index is 3.27. The number of nitrogen functional groups attached to an aromatic ring is 1. The van der Waals surface area contributed by atoms with Gasteiger partial charge in [0.2, 0.25) is 10.0 Å². The number of nitrogens with one attached hydrogen (secondary N) is 1. The summed E-state index contributed by atoms with van der Waals surface area (Å²) in [4.78, 5) is 22.5. The van der Waals surface area contributed by atoms with Crippen LogP contribution in [0.15, 0.2) is 23.1 Å². The highest BCUT2D eigenvalue weighted by Crippen LogP contribution is 2.20. The normalized spacial score (nSPS) is 12.5. The van der Waals surface area contributed by atoms with Crippen LogP contribution in [0.2, 0.25) is 0 Å². The van der Waals surface area contributed by atoms with Crippen LogP contribution >= 0.6 is 0 Å². The number of esters is 2. The summed E-state index contributed by atoms with van der Waals surface area (Å²) < 4.78 is 35.6. The Hall–Kier alpha value is -2.13. The number of hydrogen-bond acceptors (Lipinski definition) is 7. The molecule has 0 heterocycles. The zero-order valence-corrected chi connectivity index (χ0v) is 12.6. The van der Waals surface area contributed by atoms with Crippen molar-refractivity contribution in [3.63, 3.8) is 0 Å². The molecule has 0 aliphatic heterocycles. The fourth-order valence-corrected chi connectivity index (χ4v) is 2.98. The molecule has 1 aromatic rings. The highest BCUT2D eigenvalue weighted by Gasteiger charge is 2.27. The molecule has 1 rings (SSSR count). The van der Waals surface area contributed by atoms with E-state index in [-0.39, 0.29) is 16.1 Å². The molecule has 0 fully saturated rings. The lowest BCUT2D eigenvalue weighted by molar-refractivity contribution is -0.142. The topological polar surface area (TPSA) is 125 Å². The first-order valence-corrected chi connectivity index (χ1v) is 7.29. The van der Waals surface area contributed by atoms with Crippen LogP contribution in [-0.2, 0) is 24.3 Å². The van der Waals surface area contributed by atoms with Crippen molar-refractivity contribution in [1.82, 2.24) is 4.72 Å². The van der Waals surface area contributed by atoms with Crippen LogP contribution in [0.25, 0.3) is 0 Å². The van der Waals surface area contributed by atoms with E-state index >= 15 is 0 Å². The number of carbonyl (C=O) groups excluding carboxylic acids is 2. The zero-order chi connectivity index (χ0) is 16.2. The minimum Gasteiger partial charge on any atom is -0.468 e. The van der Waals surface area contributed by atoms with E-state index in [9.17, 15) is 18.0 Å². The van der Waals surface area contributed by atoms with Gasteiger partial charge in [-0.25, -0.2) is 13.2 Å². The molecule has 3 N–H and O–H groups in total. The lowest BCUT2D eigenvalue weighted by Crippen LogP contribution is -2.39. The second-order valence-corrected chi connectivity index (χ2v) is 5.80. The maximum Gasteiger partial charge on any atom is 0.339 e. The fraction of sp³-hybridized carbons (Fsp3) is 0.333. The molecule has 0 aliphatic carbocycles. The number of benzene rings is 1. The quantitative estimate of drug-likeness (QED) is 0.573. The highest BCUT2D eigenvalue weighted by atomic mass is 32.2. The van der Waals surface area contributed by atoms with Gasteiger partial charge in [0.15, 0.2) is 0 Å². The van der Waals surface area contributed by atoms with E-state index in [1.165, 1.54) is 19.1 Å². The van der Waals surface area contributed by atoms with Gasteiger partial charge in [-0.3, -0.25) is 4.79 Å².